The molecule has 0 heterocycles. The summed E-state index contributed by atoms with van der Waals surface area (Å²) in [6.45, 7) is 0. The van der Waals surface area contributed by atoms with Gasteiger partial charge in [-0.15, -0.1) is 0 Å². The van der Waals surface area contributed by atoms with E-state index >= 15 is 0 Å². The summed E-state index contributed by atoms with van der Waals surface area (Å²) in [5, 5.41) is 15.6. The number of nitrogens with zero attached hydrogens (tertiary/aromatic N) is 1. The fourth-order valence-electron chi connectivity index (χ4n) is 1.56. The first-order valence-corrected chi connectivity index (χ1v) is 7.03. The predicted molar refractivity (Wildman–Crippen MR) is 86.6 cm³/mol. The summed E-state index contributed by atoms with van der Waals surface area (Å²) in [6, 6.07) is 13.3. The topological polar surface area (TPSA) is 90.8 Å². The Morgan fingerprint density at radius 2 is 1.86 bits per heavy atom. The van der Waals surface area contributed by atoms with E-state index in [4.69, 9.17) is 0 Å². The molecule has 0 aliphatic carbocycles. The molecule has 0 saturated carbocycles. The van der Waals surface area contributed by atoms with Crippen LogP contribution >= 0.6 is 15.9 Å². The van der Waals surface area contributed by atoms with Gasteiger partial charge in [-0.25, -0.2) is 5.43 Å². The lowest BCUT2D eigenvalue weighted by molar-refractivity contribution is -0.136. The van der Waals surface area contributed by atoms with Crippen LogP contribution in [0.4, 0.5) is 5.69 Å². The van der Waals surface area contributed by atoms with Crippen molar-refractivity contribution in [2.75, 3.05) is 5.32 Å². The second-order valence-corrected chi connectivity index (χ2v) is 5.14. The van der Waals surface area contributed by atoms with Crippen LogP contribution in [0, 0.1) is 0 Å². The number of nitrogens with one attached hydrogen (secondary N) is 2. The number of benzene rings is 2. The highest BCUT2D eigenvalue weighted by Gasteiger charge is 2.12. The summed E-state index contributed by atoms with van der Waals surface area (Å²) >= 11 is 3.26. The van der Waals surface area contributed by atoms with Crippen LogP contribution in [-0.4, -0.2) is 23.1 Å². The van der Waals surface area contributed by atoms with Gasteiger partial charge in [-0.3, -0.25) is 9.59 Å². The minimum atomic E-state index is -0.911. The van der Waals surface area contributed by atoms with Crippen LogP contribution in [0.3, 0.4) is 0 Å². The van der Waals surface area contributed by atoms with Crippen LogP contribution < -0.4 is 10.7 Å². The Bertz CT molecular complexity index is 731. The zero-order valence-corrected chi connectivity index (χ0v) is 12.9. The summed E-state index contributed by atoms with van der Waals surface area (Å²) in [4.78, 5) is 23.3. The summed E-state index contributed by atoms with van der Waals surface area (Å²) in [5.74, 6) is -1.72. The van der Waals surface area contributed by atoms with Gasteiger partial charge in [0.15, 0.2) is 0 Å². The van der Waals surface area contributed by atoms with Crippen LogP contribution in [0.5, 0.6) is 5.75 Å². The van der Waals surface area contributed by atoms with Crippen LogP contribution in [0.15, 0.2) is 58.1 Å². The number of hydrogen-bond acceptors (Lipinski definition) is 4. The van der Waals surface area contributed by atoms with Crippen molar-refractivity contribution < 1.29 is 14.7 Å². The molecule has 2 aromatic rings. The van der Waals surface area contributed by atoms with Crippen molar-refractivity contribution in [3.63, 3.8) is 0 Å². The van der Waals surface area contributed by atoms with Gasteiger partial charge in [-0.1, -0.05) is 34.1 Å². The van der Waals surface area contributed by atoms with Gasteiger partial charge in [0.1, 0.15) is 5.75 Å². The van der Waals surface area contributed by atoms with Gasteiger partial charge in [0.2, 0.25) is 0 Å². The summed E-state index contributed by atoms with van der Waals surface area (Å²) in [6.07, 6.45) is 1.25. The van der Waals surface area contributed by atoms with Gasteiger partial charge in [-0.2, -0.15) is 5.10 Å². The third-order valence-electron chi connectivity index (χ3n) is 2.60. The third-order valence-corrected chi connectivity index (χ3v) is 3.09. The van der Waals surface area contributed by atoms with E-state index in [1.165, 1.54) is 12.3 Å². The Labute approximate surface area is 135 Å². The SMILES string of the molecule is O=C(N/N=C/c1ccccc1O)C(=O)Nc1cccc(Br)c1. The molecule has 2 amide bonds. The monoisotopic (exact) mass is 361 g/mol. The van der Waals surface area contributed by atoms with Crippen molar-refractivity contribution in [3.05, 3.63) is 58.6 Å². The largest absolute Gasteiger partial charge is 0.507 e. The molecular formula is C15H12BrN3O3. The number of halogens is 1. The number of hydrogen-bond donors (Lipinski definition) is 3. The first-order valence-electron chi connectivity index (χ1n) is 6.24. The number of para-hydroxylation sites is 1. The van der Waals surface area contributed by atoms with Crippen molar-refractivity contribution in [3.8, 4) is 5.75 Å². The highest BCUT2D eigenvalue weighted by atomic mass is 79.9. The van der Waals surface area contributed by atoms with Gasteiger partial charge < -0.3 is 10.4 Å². The maximum Gasteiger partial charge on any atom is 0.329 e. The van der Waals surface area contributed by atoms with Crippen LogP contribution in [-0.2, 0) is 9.59 Å². The second kappa shape index (κ2) is 7.37. The number of carbonyl (C=O) groups excluding carboxylic acids is 2. The van der Waals surface area contributed by atoms with Crippen LogP contribution in [0.1, 0.15) is 5.56 Å². The zero-order valence-electron chi connectivity index (χ0n) is 11.3. The quantitative estimate of drug-likeness (QED) is 0.444. The molecule has 22 heavy (non-hydrogen) atoms. The summed E-state index contributed by atoms with van der Waals surface area (Å²) < 4.78 is 0.781. The number of hydrazone groups is 1. The normalized spacial score (nSPS) is 10.4. The molecule has 0 aromatic heterocycles. The standard InChI is InChI=1S/C15H12BrN3O3/c16-11-5-3-6-12(8-11)18-14(21)15(22)19-17-9-10-4-1-2-7-13(10)20/h1-9,20H,(H,18,21)(H,19,22)/b17-9+. The Morgan fingerprint density at radius 1 is 1.09 bits per heavy atom. The highest BCUT2D eigenvalue weighted by Crippen LogP contribution is 2.15. The van der Waals surface area contributed by atoms with Gasteiger partial charge in [0, 0.05) is 15.7 Å². The number of aromatic hydroxyl groups is 1. The first kappa shape index (κ1) is 15.7. The molecular weight excluding hydrogens is 350 g/mol. The van der Waals surface area contributed by atoms with Crippen molar-refractivity contribution >= 4 is 39.6 Å². The summed E-state index contributed by atoms with van der Waals surface area (Å²) in [5.41, 5.74) is 3.00. The molecule has 0 atom stereocenters. The molecule has 0 fully saturated rings. The predicted octanol–water partition coefficient (Wildman–Crippen LogP) is 2.24. The number of carbonyl (C=O) groups is 2. The van der Waals surface area contributed by atoms with Crippen molar-refractivity contribution in [2.45, 2.75) is 0 Å². The smallest absolute Gasteiger partial charge is 0.329 e. The molecule has 0 spiro atoms. The first-order chi connectivity index (χ1) is 10.6. The molecule has 0 aliphatic rings. The number of amides is 2. The molecule has 0 saturated heterocycles. The molecule has 2 rings (SSSR count). The lowest BCUT2D eigenvalue weighted by Crippen LogP contribution is -2.32. The van der Waals surface area contributed by atoms with Gasteiger partial charge in [-0.05, 0) is 30.3 Å². The zero-order chi connectivity index (χ0) is 15.9. The molecule has 2 aromatic carbocycles. The summed E-state index contributed by atoms with van der Waals surface area (Å²) in [7, 11) is 0. The minimum absolute atomic E-state index is 0.0269. The Hall–Kier alpha value is -2.67. The molecule has 0 aliphatic heterocycles. The average Bonchev–Trinajstić information content (AvgIpc) is 2.49. The van der Waals surface area contributed by atoms with Crippen molar-refractivity contribution in [2.24, 2.45) is 5.10 Å². The Morgan fingerprint density at radius 3 is 2.59 bits per heavy atom. The minimum Gasteiger partial charge on any atom is -0.507 e. The Balaban J connectivity index is 1.92. The molecule has 112 valence electrons. The Kier molecular flexibility index (Phi) is 5.26. The average molecular weight is 362 g/mol. The van der Waals surface area contributed by atoms with E-state index in [2.05, 4.69) is 31.8 Å². The maximum absolute atomic E-state index is 11.7. The molecule has 0 radical (unpaired) electrons. The van der Waals surface area contributed by atoms with E-state index in [0.29, 0.717) is 11.3 Å². The second-order valence-electron chi connectivity index (χ2n) is 4.22. The van der Waals surface area contributed by atoms with Crippen molar-refractivity contribution in [1.82, 2.24) is 5.43 Å². The molecule has 0 unspecified atom stereocenters. The lowest BCUT2D eigenvalue weighted by Gasteiger charge is -2.04. The van der Waals surface area contributed by atoms with E-state index in [-0.39, 0.29) is 5.75 Å². The molecule has 3 N–H and O–H groups in total. The van der Waals surface area contributed by atoms with Crippen LogP contribution in [0.25, 0.3) is 0 Å². The maximum atomic E-state index is 11.7. The fourth-order valence-corrected chi connectivity index (χ4v) is 1.96. The van der Waals surface area contributed by atoms with Gasteiger partial charge >= 0.3 is 11.8 Å². The molecule has 6 nitrogen and oxygen atoms in total. The van der Waals surface area contributed by atoms with Gasteiger partial charge in [0.05, 0.1) is 6.21 Å². The molecule has 7 heteroatoms. The molecule has 0 bridgehead atoms. The van der Waals surface area contributed by atoms with E-state index in [1.54, 1.807) is 42.5 Å². The fraction of sp³-hybridized carbons (Fsp3) is 0. The number of phenolic OH excluding ortho intramolecular Hbond substituents is 1. The number of phenols is 1. The third kappa shape index (κ3) is 4.42. The van der Waals surface area contributed by atoms with E-state index in [9.17, 15) is 14.7 Å². The highest BCUT2D eigenvalue weighted by molar-refractivity contribution is 9.10. The van der Waals surface area contributed by atoms with E-state index in [1.807, 2.05) is 0 Å². The number of rotatable bonds is 3. The number of anilines is 1. The van der Waals surface area contributed by atoms with E-state index in [0.717, 1.165) is 4.47 Å². The van der Waals surface area contributed by atoms with Crippen molar-refractivity contribution in [1.29, 1.82) is 0 Å². The van der Waals surface area contributed by atoms with Crippen LogP contribution in [0.2, 0.25) is 0 Å². The van der Waals surface area contributed by atoms with E-state index < -0.39 is 11.8 Å². The van der Waals surface area contributed by atoms with Gasteiger partial charge in [0.25, 0.3) is 0 Å². The lowest BCUT2D eigenvalue weighted by atomic mass is 10.2.